The SMILES string of the molecule is COc1ccc2c(c1)CNC(=O)c1cc(NC(=O)c3ccco3)ccc1O2. The van der Waals surface area contributed by atoms with Crippen LogP contribution in [0.5, 0.6) is 17.2 Å². The van der Waals surface area contributed by atoms with Crippen LogP contribution in [0.3, 0.4) is 0 Å². The molecule has 7 heteroatoms. The van der Waals surface area contributed by atoms with Gasteiger partial charge >= 0.3 is 0 Å². The Kier molecular flexibility index (Phi) is 4.25. The molecule has 0 spiro atoms. The number of fused-ring (bicyclic) bond motifs is 2. The monoisotopic (exact) mass is 364 g/mol. The molecular formula is C20H16N2O5. The number of nitrogens with one attached hydrogen (secondary N) is 2. The minimum absolute atomic E-state index is 0.185. The first-order valence-corrected chi connectivity index (χ1v) is 8.26. The molecule has 27 heavy (non-hydrogen) atoms. The van der Waals surface area contributed by atoms with E-state index in [4.69, 9.17) is 13.9 Å². The molecular weight excluding hydrogens is 348 g/mol. The van der Waals surface area contributed by atoms with Gasteiger partial charge in [0.1, 0.15) is 17.2 Å². The molecule has 0 aliphatic carbocycles. The molecule has 2 N–H and O–H groups in total. The molecule has 136 valence electrons. The molecule has 0 bridgehead atoms. The second-order valence-corrected chi connectivity index (χ2v) is 5.90. The molecule has 0 saturated carbocycles. The van der Waals surface area contributed by atoms with Crippen molar-refractivity contribution in [2.45, 2.75) is 6.54 Å². The van der Waals surface area contributed by atoms with Crippen molar-refractivity contribution < 1.29 is 23.5 Å². The lowest BCUT2D eigenvalue weighted by atomic mass is 10.1. The molecule has 2 amide bonds. The molecule has 1 aliphatic rings. The first-order valence-electron chi connectivity index (χ1n) is 8.26. The maximum Gasteiger partial charge on any atom is 0.291 e. The average molecular weight is 364 g/mol. The van der Waals surface area contributed by atoms with Crippen LogP contribution in [0.2, 0.25) is 0 Å². The molecule has 0 atom stereocenters. The van der Waals surface area contributed by atoms with Crippen molar-refractivity contribution in [3.63, 3.8) is 0 Å². The summed E-state index contributed by atoms with van der Waals surface area (Å²) in [5.41, 5.74) is 1.60. The molecule has 2 aromatic carbocycles. The third-order valence-electron chi connectivity index (χ3n) is 4.15. The van der Waals surface area contributed by atoms with Crippen molar-refractivity contribution in [2.24, 2.45) is 0 Å². The Labute approximate surface area is 154 Å². The molecule has 0 saturated heterocycles. The Morgan fingerprint density at radius 1 is 1.15 bits per heavy atom. The summed E-state index contributed by atoms with van der Waals surface area (Å²) in [6.45, 7) is 0.299. The predicted octanol–water partition coefficient (Wildman–Crippen LogP) is 3.58. The van der Waals surface area contributed by atoms with E-state index in [0.717, 1.165) is 5.56 Å². The number of rotatable bonds is 3. The van der Waals surface area contributed by atoms with Crippen LogP contribution in [0.4, 0.5) is 5.69 Å². The van der Waals surface area contributed by atoms with Crippen LogP contribution < -0.4 is 20.1 Å². The van der Waals surface area contributed by atoms with Crippen molar-refractivity contribution in [3.8, 4) is 17.2 Å². The summed E-state index contributed by atoms with van der Waals surface area (Å²) in [4.78, 5) is 24.7. The van der Waals surface area contributed by atoms with Gasteiger partial charge in [0.25, 0.3) is 11.8 Å². The lowest BCUT2D eigenvalue weighted by molar-refractivity contribution is 0.0944. The number of ether oxygens (including phenoxy) is 2. The van der Waals surface area contributed by atoms with Crippen LogP contribution >= 0.6 is 0 Å². The maximum atomic E-state index is 12.5. The van der Waals surface area contributed by atoms with Gasteiger partial charge in [-0.1, -0.05) is 0 Å². The Morgan fingerprint density at radius 3 is 2.78 bits per heavy atom. The fourth-order valence-corrected chi connectivity index (χ4v) is 2.78. The highest BCUT2D eigenvalue weighted by Gasteiger charge is 2.20. The van der Waals surface area contributed by atoms with Crippen LogP contribution in [-0.2, 0) is 6.54 Å². The minimum Gasteiger partial charge on any atom is -0.497 e. The van der Waals surface area contributed by atoms with Gasteiger partial charge in [0.2, 0.25) is 0 Å². The highest BCUT2D eigenvalue weighted by Crippen LogP contribution is 2.33. The predicted molar refractivity (Wildman–Crippen MR) is 97.3 cm³/mol. The van der Waals surface area contributed by atoms with E-state index in [1.54, 1.807) is 49.6 Å². The summed E-state index contributed by atoms with van der Waals surface area (Å²) in [6, 6.07) is 13.5. The summed E-state index contributed by atoms with van der Waals surface area (Å²) >= 11 is 0. The van der Waals surface area contributed by atoms with Crippen molar-refractivity contribution in [3.05, 3.63) is 71.7 Å². The fraction of sp³-hybridized carbons (Fsp3) is 0.100. The lowest BCUT2D eigenvalue weighted by Gasteiger charge is -2.19. The number of hydrogen-bond donors (Lipinski definition) is 2. The lowest BCUT2D eigenvalue weighted by Crippen LogP contribution is -2.25. The highest BCUT2D eigenvalue weighted by atomic mass is 16.5. The average Bonchev–Trinajstić information content (AvgIpc) is 3.22. The first-order chi connectivity index (χ1) is 13.1. The molecule has 2 heterocycles. The molecule has 1 aromatic heterocycles. The third kappa shape index (κ3) is 3.35. The second-order valence-electron chi connectivity index (χ2n) is 5.90. The zero-order valence-corrected chi connectivity index (χ0v) is 14.4. The van der Waals surface area contributed by atoms with Gasteiger partial charge in [-0.25, -0.2) is 0 Å². The fourth-order valence-electron chi connectivity index (χ4n) is 2.78. The minimum atomic E-state index is -0.399. The molecule has 4 rings (SSSR count). The first kappa shape index (κ1) is 16.7. The summed E-state index contributed by atoms with van der Waals surface area (Å²) in [5.74, 6) is 1.20. The quantitative estimate of drug-likeness (QED) is 0.741. The number of carbonyl (C=O) groups is 2. The zero-order valence-electron chi connectivity index (χ0n) is 14.4. The van der Waals surface area contributed by atoms with Crippen LogP contribution in [0.15, 0.2) is 59.2 Å². The topological polar surface area (TPSA) is 89.8 Å². The van der Waals surface area contributed by atoms with Gasteiger partial charge in [-0.15, -0.1) is 0 Å². The van der Waals surface area contributed by atoms with Crippen LogP contribution in [0.1, 0.15) is 26.5 Å². The molecule has 0 fully saturated rings. The van der Waals surface area contributed by atoms with E-state index >= 15 is 0 Å². The number of methoxy groups -OCH3 is 1. The normalized spacial score (nSPS) is 12.6. The smallest absolute Gasteiger partial charge is 0.291 e. The Balaban J connectivity index is 1.64. The van der Waals surface area contributed by atoms with Gasteiger partial charge in [0.15, 0.2) is 5.76 Å². The van der Waals surface area contributed by atoms with Gasteiger partial charge in [-0.05, 0) is 48.5 Å². The van der Waals surface area contributed by atoms with Gasteiger partial charge < -0.3 is 24.5 Å². The van der Waals surface area contributed by atoms with E-state index in [2.05, 4.69) is 10.6 Å². The summed E-state index contributed by atoms with van der Waals surface area (Å²) < 4.78 is 16.2. The van der Waals surface area contributed by atoms with Crippen molar-refractivity contribution >= 4 is 17.5 Å². The van der Waals surface area contributed by atoms with Gasteiger partial charge in [0.05, 0.1) is 18.9 Å². The maximum absolute atomic E-state index is 12.5. The summed E-state index contributed by atoms with van der Waals surface area (Å²) in [7, 11) is 1.58. The van der Waals surface area contributed by atoms with E-state index in [-0.39, 0.29) is 11.7 Å². The molecule has 3 aromatic rings. The molecule has 0 unspecified atom stereocenters. The summed E-state index contributed by atoms with van der Waals surface area (Å²) in [5, 5.41) is 5.55. The van der Waals surface area contributed by atoms with Gasteiger partial charge in [-0.2, -0.15) is 0 Å². The third-order valence-corrected chi connectivity index (χ3v) is 4.15. The zero-order chi connectivity index (χ0) is 18.8. The number of furan rings is 1. The number of anilines is 1. The molecule has 1 aliphatic heterocycles. The second kappa shape index (κ2) is 6.87. The van der Waals surface area contributed by atoms with Gasteiger partial charge in [0, 0.05) is 17.8 Å². The molecule has 0 radical (unpaired) electrons. The van der Waals surface area contributed by atoms with Crippen molar-refractivity contribution in [1.29, 1.82) is 0 Å². The number of hydrogen-bond acceptors (Lipinski definition) is 5. The van der Waals surface area contributed by atoms with E-state index in [9.17, 15) is 9.59 Å². The number of benzene rings is 2. The van der Waals surface area contributed by atoms with E-state index < -0.39 is 5.91 Å². The van der Waals surface area contributed by atoms with Crippen LogP contribution in [-0.4, -0.2) is 18.9 Å². The van der Waals surface area contributed by atoms with E-state index in [0.29, 0.717) is 35.0 Å². The Morgan fingerprint density at radius 2 is 2.00 bits per heavy atom. The summed E-state index contributed by atoms with van der Waals surface area (Å²) in [6.07, 6.45) is 1.42. The van der Waals surface area contributed by atoms with Crippen molar-refractivity contribution in [1.82, 2.24) is 5.32 Å². The highest BCUT2D eigenvalue weighted by molar-refractivity contribution is 6.04. The number of amides is 2. The van der Waals surface area contributed by atoms with E-state index in [1.165, 1.54) is 6.26 Å². The van der Waals surface area contributed by atoms with Crippen LogP contribution in [0.25, 0.3) is 0 Å². The Bertz CT molecular complexity index is 1010. The number of carbonyl (C=O) groups excluding carboxylic acids is 2. The van der Waals surface area contributed by atoms with Crippen LogP contribution in [0, 0.1) is 0 Å². The Hall–Kier alpha value is -3.74. The van der Waals surface area contributed by atoms with Crippen molar-refractivity contribution in [2.75, 3.05) is 12.4 Å². The van der Waals surface area contributed by atoms with Gasteiger partial charge in [-0.3, -0.25) is 9.59 Å². The largest absolute Gasteiger partial charge is 0.497 e. The van der Waals surface area contributed by atoms with E-state index in [1.807, 2.05) is 6.07 Å². The standard InChI is InChI=1S/C20H16N2O5/c1-25-14-5-7-16-12(9-14)11-21-19(23)15-10-13(4-6-17(15)27-16)22-20(24)18-3-2-8-26-18/h2-10H,11H2,1H3,(H,21,23)(H,22,24). The molecule has 7 nitrogen and oxygen atoms in total.